The molecular weight excluding hydrogens is 408 g/mol. The third kappa shape index (κ3) is 5.52. The monoisotopic (exact) mass is 430 g/mol. The molecule has 3 rings (SSSR count). The highest BCUT2D eigenvalue weighted by Gasteiger charge is 2.15. The number of anilines is 1. The lowest BCUT2D eigenvalue weighted by Crippen LogP contribution is -2.22. The van der Waals surface area contributed by atoms with E-state index in [1.807, 2.05) is 66.9 Å². The van der Waals surface area contributed by atoms with Crippen LogP contribution in [0.3, 0.4) is 0 Å². The maximum atomic E-state index is 12.3. The van der Waals surface area contributed by atoms with E-state index in [0.29, 0.717) is 18.2 Å². The van der Waals surface area contributed by atoms with E-state index in [2.05, 4.69) is 15.5 Å². The third-order valence-electron chi connectivity index (χ3n) is 4.31. The predicted molar refractivity (Wildman–Crippen MR) is 117 cm³/mol. The van der Waals surface area contributed by atoms with Crippen LogP contribution < -0.4 is 10.1 Å². The summed E-state index contributed by atoms with van der Waals surface area (Å²) >= 11 is 7.74. The Labute approximate surface area is 179 Å². The van der Waals surface area contributed by atoms with Crippen LogP contribution in [0.25, 0.3) is 0 Å². The lowest BCUT2D eigenvalue weighted by molar-refractivity contribution is -0.118. The molecular formula is C21H23ClN4O2S. The number of hydrogen-bond acceptors (Lipinski definition) is 5. The topological polar surface area (TPSA) is 69.0 Å². The number of halogens is 1. The molecule has 29 heavy (non-hydrogen) atoms. The van der Waals surface area contributed by atoms with Crippen LogP contribution in [0.15, 0.2) is 53.7 Å². The number of rotatable bonds is 9. The number of ether oxygens (including phenoxy) is 1. The van der Waals surface area contributed by atoms with Crippen molar-refractivity contribution in [3.05, 3.63) is 64.7 Å². The predicted octanol–water partition coefficient (Wildman–Crippen LogP) is 4.82. The van der Waals surface area contributed by atoms with Crippen LogP contribution in [-0.2, 0) is 23.5 Å². The van der Waals surface area contributed by atoms with Crippen LogP contribution >= 0.6 is 23.4 Å². The van der Waals surface area contributed by atoms with E-state index in [9.17, 15) is 4.79 Å². The first-order chi connectivity index (χ1) is 14.1. The summed E-state index contributed by atoms with van der Waals surface area (Å²) < 4.78 is 7.53. The molecule has 8 heteroatoms. The number of carbonyl (C=O) groups excluding carboxylic acids is 1. The number of hydrogen-bond donors (Lipinski definition) is 1. The zero-order valence-electron chi connectivity index (χ0n) is 16.4. The molecule has 0 aliphatic heterocycles. The fraction of sp³-hybridized carbons (Fsp3) is 0.286. The Morgan fingerprint density at radius 1 is 1.10 bits per heavy atom. The normalized spacial score (nSPS) is 10.7. The van der Waals surface area contributed by atoms with Gasteiger partial charge in [-0.05, 0) is 36.6 Å². The molecule has 1 aromatic heterocycles. The number of amides is 1. The number of para-hydroxylation sites is 1. The molecule has 6 nitrogen and oxygen atoms in total. The average Bonchev–Trinajstić information content (AvgIpc) is 3.13. The Morgan fingerprint density at radius 3 is 2.55 bits per heavy atom. The number of nitrogens with zero attached hydrogens (tertiary/aromatic N) is 3. The van der Waals surface area contributed by atoms with Gasteiger partial charge in [0.2, 0.25) is 5.95 Å². The second kappa shape index (κ2) is 10.3. The second-order valence-electron chi connectivity index (χ2n) is 6.23. The molecule has 0 atom stereocenters. The molecule has 0 unspecified atom stereocenters. The minimum atomic E-state index is -0.277. The summed E-state index contributed by atoms with van der Waals surface area (Å²) in [6, 6.07) is 15.4. The van der Waals surface area contributed by atoms with Crippen molar-refractivity contribution in [2.24, 2.45) is 0 Å². The minimum Gasteiger partial charge on any atom is -0.483 e. The Morgan fingerprint density at radius 2 is 1.83 bits per heavy atom. The molecule has 0 fully saturated rings. The van der Waals surface area contributed by atoms with Crippen LogP contribution in [0.1, 0.15) is 25.0 Å². The first-order valence-corrected chi connectivity index (χ1v) is 10.8. The van der Waals surface area contributed by atoms with E-state index >= 15 is 0 Å². The van der Waals surface area contributed by atoms with Crippen molar-refractivity contribution >= 4 is 35.2 Å². The molecule has 0 aliphatic carbocycles. The first-order valence-electron chi connectivity index (χ1n) is 9.42. The van der Waals surface area contributed by atoms with Crippen LogP contribution in [-0.4, -0.2) is 27.3 Å². The molecule has 0 radical (unpaired) electrons. The molecule has 1 N–H and O–H groups in total. The van der Waals surface area contributed by atoms with E-state index in [-0.39, 0.29) is 12.5 Å². The lowest BCUT2D eigenvalue weighted by Gasteiger charge is -2.11. The highest BCUT2D eigenvalue weighted by atomic mass is 35.5. The van der Waals surface area contributed by atoms with Crippen LogP contribution in [0.2, 0.25) is 5.02 Å². The van der Waals surface area contributed by atoms with Crippen molar-refractivity contribution in [2.75, 3.05) is 11.9 Å². The summed E-state index contributed by atoms with van der Waals surface area (Å²) in [5.74, 6) is 1.52. The number of benzene rings is 2. The summed E-state index contributed by atoms with van der Waals surface area (Å²) in [5.41, 5.74) is 2.09. The molecule has 0 spiro atoms. The fourth-order valence-electron chi connectivity index (χ4n) is 2.77. The lowest BCUT2D eigenvalue weighted by atomic mass is 10.1. The van der Waals surface area contributed by atoms with Gasteiger partial charge in [0.15, 0.2) is 11.8 Å². The fourth-order valence-corrected chi connectivity index (χ4v) is 4.06. The zero-order valence-corrected chi connectivity index (χ0v) is 18.0. The van der Waals surface area contributed by atoms with Crippen LogP contribution in [0, 0.1) is 0 Å². The summed E-state index contributed by atoms with van der Waals surface area (Å²) in [6.45, 7) is 4.57. The van der Waals surface area contributed by atoms with E-state index in [1.165, 1.54) is 11.8 Å². The van der Waals surface area contributed by atoms with E-state index in [4.69, 9.17) is 16.3 Å². The van der Waals surface area contributed by atoms with Gasteiger partial charge >= 0.3 is 0 Å². The number of aromatic nitrogens is 3. The van der Waals surface area contributed by atoms with E-state index < -0.39 is 0 Å². The second-order valence-corrected chi connectivity index (χ2v) is 7.58. The highest BCUT2D eigenvalue weighted by molar-refractivity contribution is 7.98. The molecule has 0 bridgehead atoms. The standard InChI is InChI=1S/C21H23ClN4O2S/c1-3-15-9-6-8-12-18(15)28-13-19(27)23-20-24-25-21(26(20)4-2)29-14-16-10-5-7-11-17(16)22/h5-12H,3-4,13-14H2,1-2H3,(H,23,24,27). The van der Waals surface area contributed by atoms with Crippen molar-refractivity contribution in [3.63, 3.8) is 0 Å². The molecule has 0 saturated heterocycles. The van der Waals surface area contributed by atoms with Gasteiger partial charge in [0.1, 0.15) is 5.75 Å². The summed E-state index contributed by atoms with van der Waals surface area (Å²) in [6.07, 6.45) is 0.841. The van der Waals surface area contributed by atoms with Gasteiger partial charge in [0, 0.05) is 17.3 Å². The van der Waals surface area contributed by atoms with Crippen molar-refractivity contribution < 1.29 is 9.53 Å². The molecule has 1 amide bonds. The maximum absolute atomic E-state index is 12.3. The van der Waals surface area contributed by atoms with E-state index in [1.54, 1.807) is 0 Å². The van der Waals surface area contributed by atoms with Crippen molar-refractivity contribution in [3.8, 4) is 5.75 Å². The van der Waals surface area contributed by atoms with Gasteiger partial charge in [-0.3, -0.25) is 14.7 Å². The largest absolute Gasteiger partial charge is 0.483 e. The van der Waals surface area contributed by atoms with Crippen LogP contribution in [0.4, 0.5) is 5.95 Å². The van der Waals surface area contributed by atoms with Gasteiger partial charge in [-0.15, -0.1) is 10.2 Å². The Kier molecular flexibility index (Phi) is 7.55. The van der Waals surface area contributed by atoms with Gasteiger partial charge in [0.25, 0.3) is 5.91 Å². The number of thioether (sulfide) groups is 1. The van der Waals surface area contributed by atoms with Gasteiger partial charge < -0.3 is 4.74 Å². The molecule has 3 aromatic rings. The molecule has 152 valence electrons. The summed E-state index contributed by atoms with van der Waals surface area (Å²) in [4.78, 5) is 12.3. The Balaban J connectivity index is 1.60. The molecule has 0 saturated carbocycles. The Hall–Kier alpha value is -2.51. The SMILES string of the molecule is CCc1ccccc1OCC(=O)Nc1nnc(SCc2ccccc2Cl)n1CC. The average molecular weight is 431 g/mol. The minimum absolute atomic E-state index is 0.0876. The number of aryl methyl sites for hydroxylation is 1. The molecule has 2 aromatic carbocycles. The van der Waals surface area contributed by atoms with Crippen molar-refractivity contribution in [1.82, 2.24) is 14.8 Å². The molecule has 1 heterocycles. The van der Waals surface area contributed by atoms with Gasteiger partial charge in [-0.2, -0.15) is 0 Å². The smallest absolute Gasteiger partial charge is 0.264 e. The van der Waals surface area contributed by atoms with Gasteiger partial charge in [-0.25, -0.2) is 0 Å². The zero-order chi connectivity index (χ0) is 20.6. The van der Waals surface area contributed by atoms with Crippen LogP contribution in [0.5, 0.6) is 5.75 Å². The molecule has 0 aliphatic rings. The number of carbonyl (C=O) groups is 1. The summed E-state index contributed by atoms with van der Waals surface area (Å²) in [5, 5.41) is 12.6. The van der Waals surface area contributed by atoms with Gasteiger partial charge in [0.05, 0.1) is 0 Å². The summed E-state index contributed by atoms with van der Waals surface area (Å²) in [7, 11) is 0. The third-order valence-corrected chi connectivity index (χ3v) is 5.70. The van der Waals surface area contributed by atoms with E-state index in [0.717, 1.165) is 33.5 Å². The van der Waals surface area contributed by atoms with Gasteiger partial charge in [-0.1, -0.05) is 66.7 Å². The highest BCUT2D eigenvalue weighted by Crippen LogP contribution is 2.27. The quantitative estimate of drug-likeness (QED) is 0.492. The number of nitrogens with one attached hydrogen (secondary N) is 1. The Bertz CT molecular complexity index is 977. The first kappa shape index (κ1) is 21.2. The van der Waals surface area contributed by atoms with Crippen molar-refractivity contribution in [1.29, 1.82) is 0 Å². The maximum Gasteiger partial charge on any atom is 0.264 e. The van der Waals surface area contributed by atoms with Crippen molar-refractivity contribution in [2.45, 2.75) is 37.7 Å².